The monoisotopic (exact) mass is 378 g/mol. The van der Waals surface area contributed by atoms with Gasteiger partial charge in [0.2, 0.25) is 15.9 Å². The van der Waals surface area contributed by atoms with Crippen molar-refractivity contribution in [3.05, 3.63) is 51.7 Å². The number of aryl methyl sites for hydroxylation is 2. The van der Waals surface area contributed by atoms with Crippen molar-refractivity contribution in [3.8, 4) is 0 Å². The summed E-state index contributed by atoms with van der Waals surface area (Å²) in [6.45, 7) is 5.42. The van der Waals surface area contributed by atoms with Crippen molar-refractivity contribution in [1.29, 1.82) is 0 Å². The Morgan fingerprint density at radius 2 is 1.80 bits per heavy atom. The fourth-order valence-corrected chi connectivity index (χ4v) is 5.06. The van der Waals surface area contributed by atoms with Crippen molar-refractivity contribution in [3.63, 3.8) is 0 Å². The lowest BCUT2D eigenvalue weighted by atomic mass is 10.1. The molecule has 1 fully saturated rings. The van der Waals surface area contributed by atoms with Crippen LogP contribution in [-0.4, -0.2) is 49.7 Å². The molecule has 3 rings (SSSR count). The van der Waals surface area contributed by atoms with Gasteiger partial charge in [-0.1, -0.05) is 6.07 Å². The Morgan fingerprint density at radius 1 is 1.08 bits per heavy atom. The molecule has 134 valence electrons. The summed E-state index contributed by atoms with van der Waals surface area (Å²) in [6.07, 6.45) is 0.382. The molecule has 7 heteroatoms. The van der Waals surface area contributed by atoms with Gasteiger partial charge in [0, 0.05) is 26.2 Å². The molecular formula is C18H22N2O3S2. The van der Waals surface area contributed by atoms with Gasteiger partial charge in [-0.05, 0) is 59.5 Å². The number of hydrogen-bond donors (Lipinski definition) is 0. The Morgan fingerprint density at radius 3 is 2.40 bits per heavy atom. The average molecular weight is 379 g/mol. The Kier molecular flexibility index (Phi) is 5.27. The van der Waals surface area contributed by atoms with Crippen LogP contribution < -0.4 is 0 Å². The lowest BCUT2D eigenvalue weighted by Gasteiger charge is -2.34. The van der Waals surface area contributed by atoms with Crippen LogP contribution in [0.3, 0.4) is 0 Å². The van der Waals surface area contributed by atoms with Crippen LogP contribution >= 0.6 is 11.3 Å². The van der Waals surface area contributed by atoms with Crippen molar-refractivity contribution in [2.45, 2.75) is 25.2 Å². The second kappa shape index (κ2) is 7.27. The lowest BCUT2D eigenvalue weighted by Crippen LogP contribution is -2.50. The van der Waals surface area contributed by atoms with Gasteiger partial charge < -0.3 is 4.90 Å². The molecule has 0 bridgehead atoms. The quantitative estimate of drug-likeness (QED) is 0.821. The predicted molar refractivity (Wildman–Crippen MR) is 99.3 cm³/mol. The molecule has 5 nitrogen and oxygen atoms in total. The number of amides is 1. The number of hydrogen-bond acceptors (Lipinski definition) is 4. The third-order valence-electron chi connectivity index (χ3n) is 4.64. The van der Waals surface area contributed by atoms with Crippen molar-refractivity contribution in [1.82, 2.24) is 9.21 Å². The van der Waals surface area contributed by atoms with E-state index in [4.69, 9.17) is 0 Å². The molecule has 0 saturated carbocycles. The number of benzene rings is 1. The molecule has 0 atom stereocenters. The first-order valence-electron chi connectivity index (χ1n) is 8.24. The largest absolute Gasteiger partial charge is 0.340 e. The highest BCUT2D eigenvalue weighted by Gasteiger charge is 2.30. The van der Waals surface area contributed by atoms with Crippen LogP contribution in [0.5, 0.6) is 0 Å². The van der Waals surface area contributed by atoms with E-state index in [0.29, 0.717) is 37.5 Å². The molecule has 0 N–H and O–H groups in total. The summed E-state index contributed by atoms with van der Waals surface area (Å²) >= 11 is 1.57. The lowest BCUT2D eigenvalue weighted by molar-refractivity contribution is -0.131. The molecule has 2 aromatic rings. The zero-order valence-corrected chi connectivity index (χ0v) is 16.1. The van der Waals surface area contributed by atoms with Crippen LogP contribution in [0.4, 0.5) is 0 Å². The van der Waals surface area contributed by atoms with Gasteiger partial charge in [-0.2, -0.15) is 15.6 Å². The maximum atomic E-state index is 12.8. The van der Waals surface area contributed by atoms with E-state index in [1.54, 1.807) is 28.4 Å². The molecule has 2 heterocycles. The van der Waals surface area contributed by atoms with Gasteiger partial charge in [-0.25, -0.2) is 8.42 Å². The Labute approximate surface area is 152 Å². The highest BCUT2D eigenvalue weighted by Crippen LogP contribution is 2.21. The second-order valence-electron chi connectivity index (χ2n) is 6.34. The zero-order chi connectivity index (χ0) is 18.0. The Bertz CT molecular complexity index is 852. The third kappa shape index (κ3) is 3.94. The fourth-order valence-electron chi connectivity index (χ4n) is 2.88. The molecule has 0 unspecified atom stereocenters. The topological polar surface area (TPSA) is 57.7 Å². The Hall–Kier alpha value is -1.70. The smallest absolute Gasteiger partial charge is 0.243 e. The van der Waals surface area contributed by atoms with Crippen molar-refractivity contribution < 1.29 is 13.2 Å². The van der Waals surface area contributed by atoms with Gasteiger partial charge in [0.1, 0.15) is 0 Å². The summed E-state index contributed by atoms with van der Waals surface area (Å²) < 4.78 is 27.1. The van der Waals surface area contributed by atoms with Crippen LogP contribution in [0.25, 0.3) is 0 Å². The first-order chi connectivity index (χ1) is 11.9. The summed E-state index contributed by atoms with van der Waals surface area (Å²) in [5.74, 6) is 0.0571. The molecule has 0 aliphatic carbocycles. The molecule has 1 aromatic heterocycles. The molecule has 1 aromatic carbocycles. The zero-order valence-electron chi connectivity index (χ0n) is 14.4. The standard InChI is InChI=1S/C18H22N2O3S2/c1-14-3-4-17(11-15(14)2)25(22,23)20-8-6-19(7-9-20)18(21)12-16-5-10-24-13-16/h3-5,10-11,13H,6-9,12H2,1-2H3. The number of carbonyl (C=O) groups is 1. The van der Waals surface area contributed by atoms with E-state index in [2.05, 4.69) is 0 Å². The van der Waals surface area contributed by atoms with Gasteiger partial charge >= 0.3 is 0 Å². The van der Waals surface area contributed by atoms with Gasteiger partial charge in [-0.3, -0.25) is 4.79 Å². The van der Waals surface area contributed by atoms with E-state index in [-0.39, 0.29) is 5.91 Å². The van der Waals surface area contributed by atoms with Crippen LogP contribution in [-0.2, 0) is 21.2 Å². The summed E-state index contributed by atoms with van der Waals surface area (Å²) in [6, 6.07) is 7.16. The summed E-state index contributed by atoms with van der Waals surface area (Å²) in [4.78, 5) is 14.4. The number of thiophene rings is 1. The van der Waals surface area contributed by atoms with Crippen molar-refractivity contribution in [2.24, 2.45) is 0 Å². The minimum atomic E-state index is -3.50. The third-order valence-corrected chi connectivity index (χ3v) is 7.27. The minimum Gasteiger partial charge on any atom is -0.340 e. The van der Waals surface area contributed by atoms with Crippen molar-refractivity contribution >= 4 is 27.3 Å². The highest BCUT2D eigenvalue weighted by molar-refractivity contribution is 7.89. The van der Waals surface area contributed by atoms with E-state index in [1.165, 1.54) is 4.31 Å². The molecule has 1 saturated heterocycles. The van der Waals surface area contributed by atoms with Gasteiger partial charge in [-0.15, -0.1) is 0 Å². The molecule has 25 heavy (non-hydrogen) atoms. The average Bonchev–Trinajstić information content (AvgIpc) is 3.10. The number of piperazine rings is 1. The number of nitrogens with zero attached hydrogens (tertiary/aromatic N) is 2. The molecule has 1 amide bonds. The summed E-state index contributed by atoms with van der Waals surface area (Å²) in [5, 5.41) is 3.93. The van der Waals surface area contributed by atoms with Crippen LogP contribution in [0, 0.1) is 13.8 Å². The minimum absolute atomic E-state index is 0.0571. The van der Waals surface area contributed by atoms with Gasteiger partial charge in [0.25, 0.3) is 0 Å². The maximum Gasteiger partial charge on any atom is 0.243 e. The molecule has 0 spiro atoms. The van der Waals surface area contributed by atoms with Crippen molar-refractivity contribution in [2.75, 3.05) is 26.2 Å². The van der Waals surface area contributed by atoms with E-state index in [9.17, 15) is 13.2 Å². The maximum absolute atomic E-state index is 12.8. The number of sulfonamides is 1. The van der Waals surface area contributed by atoms with E-state index in [1.807, 2.05) is 36.7 Å². The first kappa shape index (κ1) is 18.1. The Balaban J connectivity index is 1.64. The molecule has 0 radical (unpaired) electrons. The van der Waals surface area contributed by atoms with Crippen LogP contribution in [0.15, 0.2) is 39.9 Å². The molecule has 1 aliphatic rings. The SMILES string of the molecule is Cc1ccc(S(=O)(=O)N2CCN(C(=O)Cc3ccsc3)CC2)cc1C. The second-order valence-corrected chi connectivity index (χ2v) is 9.06. The molecule has 1 aliphatic heterocycles. The normalized spacial score (nSPS) is 16.2. The number of carbonyl (C=O) groups excluding carboxylic acids is 1. The van der Waals surface area contributed by atoms with E-state index < -0.39 is 10.0 Å². The van der Waals surface area contributed by atoms with E-state index >= 15 is 0 Å². The number of rotatable bonds is 4. The van der Waals surface area contributed by atoms with E-state index in [0.717, 1.165) is 16.7 Å². The van der Waals surface area contributed by atoms with Crippen LogP contribution in [0.1, 0.15) is 16.7 Å². The predicted octanol–water partition coefficient (Wildman–Crippen LogP) is 2.44. The highest BCUT2D eigenvalue weighted by atomic mass is 32.2. The molecular weight excluding hydrogens is 356 g/mol. The van der Waals surface area contributed by atoms with Gasteiger partial charge in [0.05, 0.1) is 11.3 Å². The van der Waals surface area contributed by atoms with Gasteiger partial charge in [0.15, 0.2) is 0 Å². The van der Waals surface area contributed by atoms with Crippen LogP contribution in [0.2, 0.25) is 0 Å². The summed E-state index contributed by atoms with van der Waals surface area (Å²) in [5.41, 5.74) is 3.05. The summed E-state index contributed by atoms with van der Waals surface area (Å²) in [7, 11) is -3.50. The first-order valence-corrected chi connectivity index (χ1v) is 10.6. The fraction of sp³-hybridized carbons (Fsp3) is 0.389.